The Morgan fingerprint density at radius 1 is 0.929 bits per heavy atom. The van der Waals surface area contributed by atoms with Crippen molar-refractivity contribution < 1.29 is 4.39 Å². The molecule has 0 aliphatic rings. The molecule has 0 spiro atoms. The van der Waals surface area contributed by atoms with E-state index in [1.165, 1.54) is 6.07 Å². The van der Waals surface area contributed by atoms with Gasteiger partial charge >= 0.3 is 0 Å². The SMILES string of the molecule is CCc1cccnc1-c1cc(-c2cccc(C)n2)nn1Cc1ccccc1F. The van der Waals surface area contributed by atoms with Gasteiger partial charge < -0.3 is 0 Å². The molecule has 0 N–H and O–H groups in total. The van der Waals surface area contributed by atoms with Gasteiger partial charge in [0, 0.05) is 17.5 Å². The molecule has 0 bridgehead atoms. The van der Waals surface area contributed by atoms with Crippen LogP contribution in [0.2, 0.25) is 0 Å². The van der Waals surface area contributed by atoms with Crippen LogP contribution in [0.1, 0.15) is 23.7 Å². The van der Waals surface area contributed by atoms with Crippen LogP contribution in [0.3, 0.4) is 0 Å². The lowest BCUT2D eigenvalue weighted by Crippen LogP contribution is -2.07. The summed E-state index contributed by atoms with van der Waals surface area (Å²) in [5, 5.41) is 4.76. The van der Waals surface area contributed by atoms with Gasteiger partial charge in [-0.3, -0.25) is 14.6 Å². The van der Waals surface area contributed by atoms with E-state index in [4.69, 9.17) is 5.10 Å². The van der Waals surface area contributed by atoms with E-state index in [9.17, 15) is 4.39 Å². The predicted molar refractivity (Wildman–Crippen MR) is 108 cm³/mol. The molecule has 0 aliphatic carbocycles. The Labute approximate surface area is 163 Å². The molecule has 0 amide bonds. The van der Waals surface area contributed by atoms with Crippen molar-refractivity contribution in [2.45, 2.75) is 26.8 Å². The third kappa shape index (κ3) is 3.56. The Kier molecular flexibility index (Phi) is 4.98. The molecule has 3 heterocycles. The van der Waals surface area contributed by atoms with Gasteiger partial charge in [-0.25, -0.2) is 4.39 Å². The Bertz CT molecular complexity index is 1120. The third-order valence-electron chi connectivity index (χ3n) is 4.72. The van der Waals surface area contributed by atoms with Gasteiger partial charge in [0.25, 0.3) is 0 Å². The number of halogens is 1. The summed E-state index contributed by atoms with van der Waals surface area (Å²) in [6.07, 6.45) is 2.63. The summed E-state index contributed by atoms with van der Waals surface area (Å²) in [5.74, 6) is -0.240. The largest absolute Gasteiger partial charge is 0.258 e. The molecule has 0 saturated heterocycles. The summed E-state index contributed by atoms with van der Waals surface area (Å²) in [6.45, 7) is 4.38. The molecular formula is C23H21FN4. The first-order chi connectivity index (χ1) is 13.7. The van der Waals surface area contributed by atoms with Gasteiger partial charge in [0.05, 0.1) is 23.6 Å². The number of aromatic nitrogens is 4. The van der Waals surface area contributed by atoms with Crippen molar-refractivity contribution in [3.63, 3.8) is 0 Å². The fourth-order valence-electron chi connectivity index (χ4n) is 3.28. The maximum atomic E-state index is 14.3. The average Bonchev–Trinajstić information content (AvgIpc) is 3.13. The fraction of sp³-hybridized carbons (Fsp3) is 0.174. The van der Waals surface area contributed by atoms with E-state index in [-0.39, 0.29) is 5.82 Å². The van der Waals surface area contributed by atoms with E-state index in [1.54, 1.807) is 18.3 Å². The molecule has 0 fully saturated rings. The van der Waals surface area contributed by atoms with Crippen LogP contribution < -0.4 is 0 Å². The first kappa shape index (κ1) is 18.0. The van der Waals surface area contributed by atoms with Gasteiger partial charge in [0.2, 0.25) is 0 Å². The number of aryl methyl sites for hydroxylation is 2. The Morgan fingerprint density at radius 2 is 1.75 bits per heavy atom. The van der Waals surface area contributed by atoms with E-state index >= 15 is 0 Å². The van der Waals surface area contributed by atoms with Crippen LogP contribution in [0.4, 0.5) is 4.39 Å². The lowest BCUT2D eigenvalue weighted by atomic mass is 10.1. The summed E-state index contributed by atoms with van der Waals surface area (Å²) in [4.78, 5) is 9.18. The highest BCUT2D eigenvalue weighted by Gasteiger charge is 2.17. The summed E-state index contributed by atoms with van der Waals surface area (Å²) in [7, 11) is 0. The standard InChI is InChI=1S/C23H21FN4/c1-3-17-10-7-13-25-23(17)22-14-21(20-12-6-8-16(2)26-20)27-28(22)15-18-9-4-5-11-19(18)24/h4-14H,3,15H2,1-2H3. The molecule has 3 aromatic heterocycles. The zero-order valence-corrected chi connectivity index (χ0v) is 15.9. The van der Waals surface area contributed by atoms with Crippen LogP contribution in [0.15, 0.2) is 66.9 Å². The predicted octanol–water partition coefficient (Wildman–Crippen LogP) is 5.07. The van der Waals surface area contributed by atoms with Crippen molar-refractivity contribution in [3.05, 3.63) is 89.5 Å². The van der Waals surface area contributed by atoms with Crippen LogP contribution in [-0.4, -0.2) is 19.7 Å². The number of benzene rings is 1. The maximum Gasteiger partial charge on any atom is 0.128 e. The number of rotatable bonds is 5. The monoisotopic (exact) mass is 372 g/mol. The van der Waals surface area contributed by atoms with Gasteiger partial charge in [0.1, 0.15) is 11.5 Å². The molecule has 140 valence electrons. The number of nitrogens with zero attached hydrogens (tertiary/aromatic N) is 4. The minimum absolute atomic E-state index is 0.240. The molecule has 0 aliphatic heterocycles. The lowest BCUT2D eigenvalue weighted by molar-refractivity contribution is 0.587. The summed E-state index contributed by atoms with van der Waals surface area (Å²) >= 11 is 0. The molecule has 0 atom stereocenters. The van der Waals surface area contributed by atoms with E-state index in [1.807, 2.05) is 48.0 Å². The molecule has 1 aromatic carbocycles. The highest BCUT2D eigenvalue weighted by Crippen LogP contribution is 2.28. The molecule has 4 nitrogen and oxygen atoms in total. The highest BCUT2D eigenvalue weighted by atomic mass is 19.1. The topological polar surface area (TPSA) is 43.6 Å². The molecule has 4 aromatic rings. The van der Waals surface area contributed by atoms with Gasteiger partial charge in [-0.2, -0.15) is 5.10 Å². The molecule has 0 unspecified atom stereocenters. The normalized spacial score (nSPS) is 11.0. The highest BCUT2D eigenvalue weighted by molar-refractivity contribution is 5.67. The lowest BCUT2D eigenvalue weighted by Gasteiger charge is -2.10. The molecule has 5 heteroatoms. The fourth-order valence-corrected chi connectivity index (χ4v) is 3.28. The maximum absolute atomic E-state index is 14.3. The second-order valence-corrected chi connectivity index (χ2v) is 6.69. The molecular weight excluding hydrogens is 351 g/mol. The summed E-state index contributed by atoms with van der Waals surface area (Å²) in [6, 6.07) is 18.6. The van der Waals surface area contributed by atoms with Gasteiger partial charge in [-0.15, -0.1) is 0 Å². The summed E-state index contributed by atoms with van der Waals surface area (Å²) in [5.41, 5.74) is 5.91. The van der Waals surface area contributed by atoms with Crippen LogP contribution in [0.5, 0.6) is 0 Å². The van der Waals surface area contributed by atoms with Crippen molar-refractivity contribution >= 4 is 0 Å². The van der Waals surface area contributed by atoms with Crippen LogP contribution >= 0.6 is 0 Å². The van der Waals surface area contributed by atoms with Crippen LogP contribution in [-0.2, 0) is 13.0 Å². The number of hydrogen-bond donors (Lipinski definition) is 0. The van der Waals surface area contributed by atoms with E-state index in [0.717, 1.165) is 40.5 Å². The van der Waals surface area contributed by atoms with E-state index in [0.29, 0.717) is 12.1 Å². The second-order valence-electron chi connectivity index (χ2n) is 6.69. The Morgan fingerprint density at radius 3 is 2.54 bits per heavy atom. The molecule has 4 rings (SSSR count). The second kappa shape index (κ2) is 7.72. The van der Waals surface area contributed by atoms with Crippen molar-refractivity contribution in [2.24, 2.45) is 0 Å². The Hall–Kier alpha value is -3.34. The van der Waals surface area contributed by atoms with Crippen LogP contribution in [0, 0.1) is 12.7 Å². The smallest absolute Gasteiger partial charge is 0.128 e. The zero-order valence-electron chi connectivity index (χ0n) is 15.9. The van der Waals surface area contributed by atoms with Crippen molar-refractivity contribution in [3.8, 4) is 22.8 Å². The minimum Gasteiger partial charge on any atom is -0.258 e. The van der Waals surface area contributed by atoms with E-state index < -0.39 is 0 Å². The van der Waals surface area contributed by atoms with Crippen LogP contribution in [0.25, 0.3) is 22.8 Å². The third-order valence-corrected chi connectivity index (χ3v) is 4.72. The van der Waals surface area contributed by atoms with Crippen molar-refractivity contribution in [2.75, 3.05) is 0 Å². The summed E-state index contributed by atoms with van der Waals surface area (Å²) < 4.78 is 16.1. The molecule has 0 saturated carbocycles. The average molecular weight is 372 g/mol. The zero-order chi connectivity index (χ0) is 19.5. The van der Waals surface area contributed by atoms with Gasteiger partial charge in [-0.05, 0) is 49.2 Å². The minimum atomic E-state index is -0.240. The van der Waals surface area contributed by atoms with E-state index in [2.05, 4.69) is 23.0 Å². The first-order valence-electron chi connectivity index (χ1n) is 9.35. The molecule has 28 heavy (non-hydrogen) atoms. The number of pyridine rings is 2. The molecule has 0 radical (unpaired) electrons. The van der Waals surface area contributed by atoms with Crippen molar-refractivity contribution in [1.82, 2.24) is 19.7 Å². The van der Waals surface area contributed by atoms with Crippen molar-refractivity contribution in [1.29, 1.82) is 0 Å². The number of hydrogen-bond acceptors (Lipinski definition) is 3. The quantitative estimate of drug-likeness (QED) is 0.491. The first-order valence-corrected chi connectivity index (χ1v) is 9.35. The van der Waals surface area contributed by atoms with Gasteiger partial charge in [-0.1, -0.05) is 37.3 Å². The Balaban J connectivity index is 1.86. The van der Waals surface area contributed by atoms with Gasteiger partial charge in [0.15, 0.2) is 0 Å².